The van der Waals surface area contributed by atoms with Crippen molar-refractivity contribution < 1.29 is 0 Å². The molecule has 0 aliphatic heterocycles. The molecule has 0 fully saturated rings. The predicted molar refractivity (Wildman–Crippen MR) is 136 cm³/mol. The average molecular weight is 508 g/mol. The predicted octanol–water partition coefficient (Wildman–Crippen LogP) is 5.75. The van der Waals surface area contributed by atoms with Gasteiger partial charge in [0.05, 0.1) is 6.33 Å². The van der Waals surface area contributed by atoms with Gasteiger partial charge in [0.1, 0.15) is 0 Å². The summed E-state index contributed by atoms with van der Waals surface area (Å²) in [5.41, 5.74) is 0.230. The minimum absolute atomic E-state index is 0.0211. The summed E-state index contributed by atoms with van der Waals surface area (Å²) in [5, 5.41) is -0.0434. The fourth-order valence-electron chi connectivity index (χ4n) is 4.00. The molecular formula is C23H37Cl3N4O2. The van der Waals surface area contributed by atoms with Crippen LogP contribution in [0.5, 0.6) is 0 Å². The van der Waals surface area contributed by atoms with E-state index in [2.05, 4.69) is 25.8 Å². The summed E-state index contributed by atoms with van der Waals surface area (Å²) in [6, 6.07) is 0. The van der Waals surface area contributed by atoms with E-state index in [1.807, 2.05) is 4.57 Å². The maximum atomic E-state index is 13.4. The zero-order valence-corrected chi connectivity index (χ0v) is 21.8. The highest BCUT2D eigenvalue weighted by atomic mass is 35.5. The van der Waals surface area contributed by atoms with E-state index in [1.54, 1.807) is 10.9 Å². The molecule has 0 aromatic carbocycles. The Kier molecular flexibility index (Phi) is 11.6. The van der Waals surface area contributed by atoms with Crippen LogP contribution in [-0.4, -0.2) is 34.8 Å². The quantitative estimate of drug-likeness (QED) is 0.288. The van der Waals surface area contributed by atoms with Gasteiger partial charge in [-0.05, 0) is 38.5 Å². The summed E-state index contributed by atoms with van der Waals surface area (Å²) in [6.45, 7) is 7.56. The summed E-state index contributed by atoms with van der Waals surface area (Å²) in [7, 11) is 0. The van der Waals surface area contributed by atoms with Crippen LogP contribution in [0.15, 0.2) is 15.9 Å². The Morgan fingerprint density at radius 3 is 1.72 bits per heavy atom. The van der Waals surface area contributed by atoms with Gasteiger partial charge in [-0.15, -0.1) is 34.8 Å². The second kappa shape index (κ2) is 13.7. The van der Waals surface area contributed by atoms with Gasteiger partial charge in [0.2, 0.25) is 0 Å². The third-order valence-corrected chi connectivity index (χ3v) is 7.11. The number of hydrogen-bond donors (Lipinski definition) is 0. The van der Waals surface area contributed by atoms with E-state index in [4.69, 9.17) is 34.8 Å². The first kappa shape index (κ1) is 27.3. The van der Waals surface area contributed by atoms with Crippen molar-refractivity contribution in [3.8, 4) is 0 Å². The Hall–Kier alpha value is -0.980. The zero-order valence-electron chi connectivity index (χ0n) is 19.5. The molecule has 182 valence electrons. The van der Waals surface area contributed by atoms with Gasteiger partial charge in [0.15, 0.2) is 11.2 Å². The van der Waals surface area contributed by atoms with Gasteiger partial charge in [-0.1, -0.05) is 40.0 Å². The van der Waals surface area contributed by atoms with E-state index in [0.29, 0.717) is 43.6 Å². The molecule has 6 nitrogen and oxygen atoms in total. The number of hydrogen-bond acceptors (Lipinski definition) is 3. The van der Waals surface area contributed by atoms with Crippen LogP contribution in [0.2, 0.25) is 0 Å². The van der Waals surface area contributed by atoms with Gasteiger partial charge in [0.25, 0.3) is 5.56 Å². The third-order valence-electron chi connectivity index (χ3n) is 5.80. The molecule has 9 heteroatoms. The smallest absolute Gasteiger partial charge is 0.325 e. The molecule has 0 N–H and O–H groups in total. The van der Waals surface area contributed by atoms with Crippen molar-refractivity contribution in [3.05, 3.63) is 27.2 Å². The monoisotopic (exact) mass is 506 g/mol. The van der Waals surface area contributed by atoms with E-state index in [1.165, 1.54) is 4.57 Å². The highest BCUT2D eigenvalue weighted by Crippen LogP contribution is 2.16. The Morgan fingerprint density at radius 2 is 1.22 bits per heavy atom. The number of aromatic nitrogens is 4. The highest BCUT2D eigenvalue weighted by Gasteiger charge is 2.20. The van der Waals surface area contributed by atoms with E-state index >= 15 is 0 Å². The molecule has 0 aliphatic rings. The van der Waals surface area contributed by atoms with Gasteiger partial charge in [-0.2, -0.15) is 0 Å². The minimum Gasteiger partial charge on any atom is -0.325 e. The van der Waals surface area contributed by atoms with Gasteiger partial charge >= 0.3 is 5.69 Å². The normalized spacial score (nSPS) is 14.7. The summed E-state index contributed by atoms with van der Waals surface area (Å²) in [5.74, 6) is 0. The fourth-order valence-corrected chi connectivity index (χ4v) is 4.94. The molecule has 0 amide bonds. The highest BCUT2D eigenvalue weighted by molar-refractivity contribution is 6.21. The molecule has 0 aliphatic carbocycles. The second-order valence-corrected chi connectivity index (χ2v) is 10.4. The maximum Gasteiger partial charge on any atom is 0.332 e. The van der Waals surface area contributed by atoms with Crippen LogP contribution in [0.25, 0.3) is 11.2 Å². The number of nitrogens with zero attached hydrogens (tertiary/aromatic N) is 4. The average Bonchev–Trinajstić information content (AvgIpc) is 3.16. The number of halogens is 3. The molecule has 0 bridgehead atoms. The molecule has 2 rings (SSSR count). The Balaban J connectivity index is 2.44. The van der Waals surface area contributed by atoms with Crippen molar-refractivity contribution in [2.75, 3.05) is 0 Å². The lowest BCUT2D eigenvalue weighted by atomic mass is 10.2. The second-order valence-electron chi connectivity index (χ2n) is 8.53. The van der Waals surface area contributed by atoms with Crippen molar-refractivity contribution in [1.29, 1.82) is 0 Å². The maximum absolute atomic E-state index is 13.4. The number of fused-ring (bicyclic) bond motifs is 1. The zero-order chi connectivity index (χ0) is 23.7. The lowest BCUT2D eigenvalue weighted by Gasteiger charge is -2.15. The summed E-state index contributed by atoms with van der Waals surface area (Å²) in [6.07, 6.45) is 9.21. The van der Waals surface area contributed by atoms with Gasteiger partial charge < -0.3 is 4.57 Å². The molecule has 2 aromatic rings. The van der Waals surface area contributed by atoms with Crippen LogP contribution >= 0.6 is 34.8 Å². The van der Waals surface area contributed by atoms with Crippen LogP contribution in [0.1, 0.15) is 78.6 Å². The Morgan fingerprint density at radius 1 is 0.750 bits per heavy atom. The molecule has 3 unspecified atom stereocenters. The van der Waals surface area contributed by atoms with Crippen LogP contribution in [0, 0.1) is 0 Å². The first-order valence-corrected chi connectivity index (χ1v) is 13.2. The van der Waals surface area contributed by atoms with Gasteiger partial charge in [-0.3, -0.25) is 13.9 Å². The largest absolute Gasteiger partial charge is 0.332 e. The van der Waals surface area contributed by atoms with Crippen LogP contribution in [-0.2, 0) is 19.6 Å². The molecule has 0 spiro atoms. The fraction of sp³-hybridized carbons (Fsp3) is 0.783. The first-order valence-electron chi connectivity index (χ1n) is 11.9. The van der Waals surface area contributed by atoms with Crippen molar-refractivity contribution >= 4 is 46.0 Å². The minimum atomic E-state index is -0.338. The number of rotatable bonds is 15. The van der Waals surface area contributed by atoms with Crippen LogP contribution in [0.4, 0.5) is 0 Å². The third kappa shape index (κ3) is 7.26. The SMILES string of the molecule is CCCC(Cl)CCn1c(=O)c2c(ncn2CCC(Cl)CCC)n(CCC(Cl)CCC)c1=O. The summed E-state index contributed by atoms with van der Waals surface area (Å²) < 4.78 is 4.76. The van der Waals surface area contributed by atoms with Gasteiger partial charge in [-0.25, -0.2) is 9.78 Å². The topological polar surface area (TPSA) is 61.8 Å². The van der Waals surface area contributed by atoms with E-state index in [-0.39, 0.29) is 27.4 Å². The van der Waals surface area contributed by atoms with Crippen LogP contribution in [0.3, 0.4) is 0 Å². The Labute approximate surface area is 205 Å². The first-order chi connectivity index (χ1) is 15.3. The summed E-state index contributed by atoms with van der Waals surface area (Å²) in [4.78, 5) is 31.1. The van der Waals surface area contributed by atoms with Crippen molar-refractivity contribution in [2.45, 2.75) is 114 Å². The molecule has 32 heavy (non-hydrogen) atoms. The van der Waals surface area contributed by atoms with E-state index < -0.39 is 0 Å². The van der Waals surface area contributed by atoms with E-state index in [9.17, 15) is 9.59 Å². The van der Waals surface area contributed by atoms with Crippen molar-refractivity contribution in [1.82, 2.24) is 18.7 Å². The molecule has 0 saturated carbocycles. The molecule has 2 heterocycles. The standard InChI is InChI=1S/C23H37Cl3N4O2/c1-4-7-17(24)10-13-28-16-27-21-20(28)22(31)30(15-12-19(26)9-6-3)23(32)29(21)14-11-18(25)8-5-2/h16-19H,4-15H2,1-3H3. The lowest BCUT2D eigenvalue weighted by molar-refractivity contribution is 0.510. The van der Waals surface area contributed by atoms with E-state index in [0.717, 1.165) is 44.9 Å². The number of alkyl halides is 3. The van der Waals surface area contributed by atoms with Crippen molar-refractivity contribution in [3.63, 3.8) is 0 Å². The Bertz CT molecular complexity index is 953. The molecule has 0 radical (unpaired) electrons. The molecule has 3 atom stereocenters. The molecular weight excluding hydrogens is 471 g/mol. The van der Waals surface area contributed by atoms with Crippen molar-refractivity contribution in [2.24, 2.45) is 0 Å². The lowest BCUT2D eigenvalue weighted by Crippen LogP contribution is -2.41. The number of imidazole rings is 1. The molecule has 2 aromatic heterocycles. The number of aryl methyl sites for hydroxylation is 2. The molecule has 0 saturated heterocycles. The van der Waals surface area contributed by atoms with Crippen LogP contribution < -0.4 is 11.2 Å². The van der Waals surface area contributed by atoms with Gasteiger partial charge in [0, 0.05) is 35.8 Å². The summed E-state index contributed by atoms with van der Waals surface area (Å²) >= 11 is 19.2.